The van der Waals surface area contributed by atoms with Crippen molar-refractivity contribution in [1.29, 1.82) is 0 Å². The number of hydrogen-bond acceptors (Lipinski definition) is 15. The van der Waals surface area contributed by atoms with Gasteiger partial charge in [0.25, 0.3) is 5.91 Å². The highest BCUT2D eigenvalue weighted by Crippen LogP contribution is 2.41. The summed E-state index contributed by atoms with van der Waals surface area (Å²) in [5.74, 6) is 0.186. The van der Waals surface area contributed by atoms with Crippen molar-refractivity contribution in [2.45, 2.75) is 201 Å². The SMILES string of the molecule is C.COC(=O)C[C@H](C(=O)N1CCc2c1ccc(OCc1ccc(C3CCCCC3)c(N(C)C)c1)c2C)N(C)C(=O)OC(C)(C)C.COC(=O)C[C@H](C(=O)O)N(C)C(=O)OC(C)(C)C.Cc1c(OCc2ccc(C3CCCCC3)c(N(C)C)c2)ccc2c1CCN2.Cl. The van der Waals surface area contributed by atoms with Crippen molar-refractivity contribution in [2.75, 3.05) is 89.6 Å². The van der Waals surface area contributed by atoms with Crippen LogP contribution in [0.4, 0.5) is 32.3 Å². The average molecular weight is 1290 g/mol. The topological polar surface area (TPSA) is 206 Å². The smallest absolute Gasteiger partial charge is 0.410 e. The summed E-state index contributed by atoms with van der Waals surface area (Å²) >= 11 is 0. The molecule has 3 amide bonds. The van der Waals surface area contributed by atoms with Crippen LogP contribution in [-0.4, -0.2) is 144 Å². The molecule has 2 saturated carbocycles. The van der Waals surface area contributed by atoms with E-state index in [1.165, 1.54) is 135 Å². The predicted octanol–water partition coefficient (Wildman–Crippen LogP) is 14.0. The second-order valence-electron chi connectivity index (χ2n) is 26.3. The van der Waals surface area contributed by atoms with E-state index in [4.69, 9.17) is 28.8 Å². The molecule has 2 aliphatic carbocycles. The van der Waals surface area contributed by atoms with E-state index in [1.807, 2.05) is 19.1 Å². The summed E-state index contributed by atoms with van der Waals surface area (Å²) in [7, 11) is 13.7. The van der Waals surface area contributed by atoms with Gasteiger partial charge in [-0.1, -0.05) is 70.2 Å². The number of hydrogen-bond donors (Lipinski definition) is 2. The minimum atomic E-state index is -1.31. The van der Waals surface area contributed by atoms with Crippen LogP contribution in [0.2, 0.25) is 0 Å². The Morgan fingerprint density at radius 3 is 1.45 bits per heavy atom. The third-order valence-corrected chi connectivity index (χ3v) is 17.0. The van der Waals surface area contributed by atoms with E-state index in [-0.39, 0.29) is 32.2 Å². The standard InChI is InChI=1S/C35H49N3O6.C24H32N2O.C11H19NO6.CH4.ClH/c1-23-26-18-19-38(33(40)30(21-32(39)42-8)37(7)34(41)44-35(2,3)4)28(26)16-17-31(23)43-22-24-14-15-27(29(20-24)36(5)6)25-12-10-9-11-13-25;1-17-20-13-14-25-22(20)11-12-24(17)27-16-18-9-10-21(23(15-18)26(2)3)19-7-5-4-6-8-19;1-11(2,3)18-10(16)12(4)7(9(14)15)6-8(13)17-5;;/h14-17,20,25,30H,9-13,18-19,21-22H2,1-8H3;9-12,15,19,25H,4-8,13-14,16H2,1-3H3;7H,6H2,1-5H3,(H,14,15);1H4;1H/t30-;;7-;;/m1.1../s1. The van der Waals surface area contributed by atoms with Gasteiger partial charge < -0.3 is 53.5 Å². The number of carbonyl (C=O) groups is 6. The number of halogens is 1. The highest BCUT2D eigenvalue weighted by molar-refractivity contribution is 6.02. The van der Waals surface area contributed by atoms with E-state index in [2.05, 4.69) is 103 Å². The van der Waals surface area contributed by atoms with E-state index in [0.717, 1.165) is 64.8 Å². The van der Waals surface area contributed by atoms with E-state index >= 15 is 0 Å². The Balaban J connectivity index is 0.000000320. The number of carbonyl (C=O) groups excluding carboxylic acids is 5. The number of methoxy groups -OCH3 is 2. The molecular formula is C71H105ClN6O13. The number of aliphatic carboxylic acids is 1. The monoisotopic (exact) mass is 1280 g/mol. The molecule has 2 fully saturated rings. The molecule has 4 aromatic rings. The molecule has 20 heteroatoms. The number of amides is 3. The lowest BCUT2D eigenvalue weighted by Crippen LogP contribution is -2.51. The van der Waals surface area contributed by atoms with Crippen LogP contribution in [0.25, 0.3) is 0 Å². The number of nitrogens with one attached hydrogen (secondary N) is 1. The maximum Gasteiger partial charge on any atom is 0.410 e. The zero-order valence-corrected chi connectivity index (χ0v) is 57.1. The van der Waals surface area contributed by atoms with Gasteiger partial charge in [-0.2, -0.15) is 0 Å². The zero-order chi connectivity index (χ0) is 65.5. The number of esters is 2. The molecule has 504 valence electrons. The van der Waals surface area contributed by atoms with Crippen LogP contribution in [0.15, 0.2) is 60.7 Å². The summed E-state index contributed by atoms with van der Waals surface area (Å²) in [6.45, 7) is 17.0. The van der Waals surface area contributed by atoms with Gasteiger partial charge in [-0.3, -0.25) is 24.2 Å². The van der Waals surface area contributed by atoms with Crippen LogP contribution in [0.3, 0.4) is 0 Å². The molecular weight excluding hydrogens is 1180 g/mol. The first-order valence-electron chi connectivity index (χ1n) is 31.5. The number of fused-ring (bicyclic) bond motifs is 2. The van der Waals surface area contributed by atoms with Gasteiger partial charge in [0.1, 0.15) is 48.0 Å². The fourth-order valence-corrected chi connectivity index (χ4v) is 12.1. The molecule has 2 heterocycles. The Hall–Kier alpha value is -7.41. The van der Waals surface area contributed by atoms with Gasteiger partial charge in [-0.25, -0.2) is 14.4 Å². The number of carboxylic acids is 1. The number of anilines is 4. The van der Waals surface area contributed by atoms with Gasteiger partial charge in [0.05, 0.1) is 27.1 Å². The molecule has 0 aromatic heterocycles. The van der Waals surface area contributed by atoms with E-state index in [0.29, 0.717) is 32.1 Å². The molecule has 4 aromatic carbocycles. The minimum Gasteiger partial charge on any atom is -0.489 e. The van der Waals surface area contributed by atoms with Crippen molar-refractivity contribution in [3.63, 3.8) is 0 Å². The Morgan fingerprint density at radius 2 is 1.02 bits per heavy atom. The van der Waals surface area contributed by atoms with Crippen molar-refractivity contribution in [1.82, 2.24) is 9.80 Å². The average Bonchev–Trinajstić information content (AvgIpc) is 1.74. The molecule has 8 rings (SSSR count). The zero-order valence-electron chi connectivity index (χ0n) is 56.3. The van der Waals surface area contributed by atoms with Crippen molar-refractivity contribution in [3.8, 4) is 11.5 Å². The lowest BCUT2D eigenvalue weighted by atomic mass is 9.83. The summed E-state index contributed by atoms with van der Waals surface area (Å²) in [5.41, 5.74) is 13.2. The van der Waals surface area contributed by atoms with Gasteiger partial charge in [0, 0.05) is 78.1 Å². The molecule has 19 nitrogen and oxygen atoms in total. The maximum absolute atomic E-state index is 13.8. The highest BCUT2D eigenvalue weighted by Gasteiger charge is 2.39. The molecule has 0 saturated heterocycles. The number of likely N-dealkylation sites (N-methyl/N-ethyl adjacent to an activating group) is 2. The molecule has 4 aliphatic rings. The van der Waals surface area contributed by atoms with Gasteiger partial charge in [-0.05, 0) is 187 Å². The van der Waals surface area contributed by atoms with Crippen LogP contribution < -0.4 is 29.5 Å². The lowest BCUT2D eigenvalue weighted by molar-refractivity contribution is -0.150. The maximum atomic E-state index is 13.8. The highest BCUT2D eigenvalue weighted by atomic mass is 35.5. The van der Waals surface area contributed by atoms with Gasteiger partial charge in [0.15, 0.2) is 0 Å². The number of benzene rings is 4. The van der Waals surface area contributed by atoms with Crippen molar-refractivity contribution >= 4 is 71.2 Å². The van der Waals surface area contributed by atoms with Crippen LogP contribution in [0.5, 0.6) is 11.5 Å². The third kappa shape index (κ3) is 21.1. The van der Waals surface area contributed by atoms with Crippen molar-refractivity contribution in [2.24, 2.45) is 0 Å². The third-order valence-electron chi connectivity index (χ3n) is 17.0. The quantitative estimate of drug-likeness (QED) is 0.0702. The molecule has 2 aliphatic heterocycles. The molecule has 0 spiro atoms. The van der Waals surface area contributed by atoms with E-state index in [9.17, 15) is 28.8 Å². The molecule has 0 unspecified atom stereocenters. The molecule has 2 N–H and O–H groups in total. The number of rotatable bonds is 18. The summed E-state index contributed by atoms with van der Waals surface area (Å²) < 4.78 is 32.3. The number of carboxylic acid groups (broad SMARTS) is 1. The van der Waals surface area contributed by atoms with Gasteiger partial charge in [-0.15, -0.1) is 12.4 Å². The number of nitrogens with zero attached hydrogens (tertiary/aromatic N) is 5. The molecule has 0 bridgehead atoms. The summed E-state index contributed by atoms with van der Waals surface area (Å²) in [6, 6.07) is 19.3. The Morgan fingerprint density at radius 1 is 0.593 bits per heavy atom. The summed E-state index contributed by atoms with van der Waals surface area (Å²) in [6.07, 6.45) is 12.8. The minimum absolute atomic E-state index is 0. The summed E-state index contributed by atoms with van der Waals surface area (Å²) in [4.78, 5) is 80.8. The Labute approximate surface area is 548 Å². The second kappa shape index (κ2) is 34.3. The van der Waals surface area contributed by atoms with Crippen LogP contribution in [-0.2, 0) is 64.2 Å². The van der Waals surface area contributed by atoms with Crippen LogP contribution in [0.1, 0.15) is 182 Å². The van der Waals surface area contributed by atoms with Crippen LogP contribution in [0, 0.1) is 13.8 Å². The fraction of sp³-hybridized carbons (Fsp3) is 0.577. The van der Waals surface area contributed by atoms with E-state index in [1.54, 1.807) is 46.4 Å². The molecule has 0 radical (unpaired) electrons. The first kappa shape index (κ1) is 76.0. The number of ether oxygens (including phenoxy) is 6. The fourth-order valence-electron chi connectivity index (χ4n) is 12.1. The predicted molar refractivity (Wildman–Crippen MR) is 363 cm³/mol. The molecule has 2 atom stereocenters. The van der Waals surface area contributed by atoms with E-state index < -0.39 is 59.8 Å². The first-order valence-corrected chi connectivity index (χ1v) is 31.5. The van der Waals surface area contributed by atoms with Crippen molar-refractivity contribution < 1.29 is 62.3 Å². The largest absolute Gasteiger partial charge is 0.489 e. The lowest BCUT2D eigenvalue weighted by Gasteiger charge is -2.32. The summed E-state index contributed by atoms with van der Waals surface area (Å²) in [5, 5.41) is 12.4. The van der Waals surface area contributed by atoms with Gasteiger partial charge in [0.2, 0.25) is 0 Å². The Kier molecular flexibility index (Phi) is 28.7. The van der Waals surface area contributed by atoms with Gasteiger partial charge >= 0.3 is 30.1 Å². The molecule has 91 heavy (non-hydrogen) atoms. The second-order valence-corrected chi connectivity index (χ2v) is 26.3. The normalized spacial score (nSPS) is 15.1. The van der Waals surface area contributed by atoms with Crippen molar-refractivity contribution in [3.05, 3.63) is 105 Å². The van der Waals surface area contributed by atoms with Crippen LogP contribution >= 0.6 is 12.4 Å². The first-order chi connectivity index (χ1) is 42.0. The Bertz CT molecular complexity index is 3110.